The van der Waals surface area contributed by atoms with Crippen LogP contribution in [-0.2, 0) is 5.75 Å². The summed E-state index contributed by atoms with van der Waals surface area (Å²) in [5.74, 6) is 1.71. The molecule has 1 heterocycles. The van der Waals surface area contributed by atoms with Gasteiger partial charge in [-0.25, -0.2) is 9.97 Å². The first-order chi connectivity index (χ1) is 9.47. The number of hydrogen-bond acceptors (Lipinski definition) is 3. The number of aromatic nitrogens is 2. The molecule has 0 aliphatic rings. The van der Waals surface area contributed by atoms with Crippen molar-refractivity contribution in [3.05, 3.63) is 50.4 Å². The van der Waals surface area contributed by atoms with Crippen LogP contribution in [0.4, 0.5) is 0 Å². The zero-order valence-corrected chi connectivity index (χ0v) is 14.9. The molecule has 0 radical (unpaired) electrons. The van der Waals surface area contributed by atoms with Gasteiger partial charge in [0.05, 0.1) is 15.9 Å². The molecule has 0 aliphatic heterocycles. The molecule has 0 N–H and O–H groups in total. The molecular formula is C14H13BrCl2N2S. The highest BCUT2D eigenvalue weighted by Gasteiger charge is 2.13. The topological polar surface area (TPSA) is 25.8 Å². The molecule has 0 unspecified atom stereocenters. The summed E-state index contributed by atoms with van der Waals surface area (Å²) in [5.41, 5.74) is 0.941. The van der Waals surface area contributed by atoms with E-state index in [2.05, 4.69) is 39.7 Å². The summed E-state index contributed by atoms with van der Waals surface area (Å²) >= 11 is 17.1. The van der Waals surface area contributed by atoms with Crippen LogP contribution in [0.25, 0.3) is 0 Å². The minimum Gasteiger partial charge on any atom is -0.235 e. The molecule has 0 aliphatic carbocycles. The first-order valence-corrected chi connectivity index (χ1v) is 8.61. The van der Waals surface area contributed by atoms with Gasteiger partial charge < -0.3 is 0 Å². The lowest BCUT2D eigenvalue weighted by molar-refractivity contribution is 0.791. The Kier molecular flexibility index (Phi) is 5.73. The van der Waals surface area contributed by atoms with Gasteiger partial charge in [0.1, 0.15) is 11.0 Å². The quantitative estimate of drug-likeness (QED) is 0.474. The molecule has 0 atom stereocenters. The molecule has 1 aromatic carbocycles. The minimum absolute atomic E-state index is 0.296. The second kappa shape index (κ2) is 7.12. The van der Waals surface area contributed by atoms with Gasteiger partial charge in [0.25, 0.3) is 0 Å². The highest BCUT2D eigenvalue weighted by atomic mass is 79.9. The van der Waals surface area contributed by atoms with E-state index >= 15 is 0 Å². The van der Waals surface area contributed by atoms with Crippen molar-refractivity contribution in [3.63, 3.8) is 0 Å². The van der Waals surface area contributed by atoms with Gasteiger partial charge >= 0.3 is 0 Å². The lowest BCUT2D eigenvalue weighted by atomic mass is 10.1. The Morgan fingerprint density at radius 2 is 1.80 bits per heavy atom. The van der Waals surface area contributed by atoms with E-state index in [4.69, 9.17) is 23.2 Å². The highest BCUT2D eigenvalue weighted by molar-refractivity contribution is 9.10. The molecule has 1 aromatic heterocycles. The third-order valence-corrected chi connectivity index (χ3v) is 5.15. The smallest absolute Gasteiger partial charge is 0.147 e. The van der Waals surface area contributed by atoms with Gasteiger partial charge in [0.2, 0.25) is 0 Å². The lowest BCUT2D eigenvalue weighted by Crippen LogP contribution is -2.02. The predicted octanol–water partition coefficient (Wildman–Crippen LogP) is 5.96. The van der Waals surface area contributed by atoms with Crippen molar-refractivity contribution in [2.75, 3.05) is 0 Å². The molecular weight excluding hydrogens is 379 g/mol. The number of thioether (sulfide) groups is 1. The largest absolute Gasteiger partial charge is 0.235 e. The Labute approximate surface area is 141 Å². The van der Waals surface area contributed by atoms with Crippen molar-refractivity contribution >= 4 is 50.9 Å². The van der Waals surface area contributed by atoms with Crippen LogP contribution in [0.5, 0.6) is 0 Å². The third-order valence-electron chi connectivity index (χ3n) is 2.61. The first kappa shape index (κ1) is 16.1. The van der Waals surface area contributed by atoms with Crippen LogP contribution in [-0.4, -0.2) is 9.97 Å². The molecule has 0 spiro atoms. The summed E-state index contributed by atoms with van der Waals surface area (Å²) in [4.78, 5) is 10.0. The lowest BCUT2D eigenvalue weighted by Gasteiger charge is -2.10. The van der Waals surface area contributed by atoms with E-state index in [1.807, 2.05) is 24.3 Å². The number of rotatable bonds is 4. The van der Waals surface area contributed by atoms with E-state index in [1.165, 1.54) is 0 Å². The van der Waals surface area contributed by atoms with Crippen LogP contribution >= 0.6 is 50.9 Å². The first-order valence-electron chi connectivity index (χ1n) is 6.07. The number of hydrogen-bond donors (Lipinski definition) is 0. The second-order valence-corrected chi connectivity index (χ2v) is 7.16. The molecule has 2 rings (SSSR count). The highest BCUT2D eigenvalue weighted by Crippen LogP contribution is 2.30. The average molecular weight is 392 g/mol. The maximum absolute atomic E-state index is 6.14. The van der Waals surface area contributed by atoms with Crippen LogP contribution in [0, 0.1) is 0 Å². The summed E-state index contributed by atoms with van der Waals surface area (Å²) in [6.07, 6.45) is 0. The Balaban J connectivity index is 2.15. The molecule has 2 nitrogen and oxygen atoms in total. The van der Waals surface area contributed by atoms with Gasteiger partial charge in [0, 0.05) is 9.92 Å². The van der Waals surface area contributed by atoms with Crippen molar-refractivity contribution in [2.24, 2.45) is 0 Å². The molecule has 0 amide bonds. The Morgan fingerprint density at radius 1 is 1.15 bits per heavy atom. The minimum atomic E-state index is 0.296. The second-order valence-electron chi connectivity index (χ2n) is 4.53. The van der Waals surface area contributed by atoms with Crippen LogP contribution in [0.1, 0.15) is 31.3 Å². The van der Waals surface area contributed by atoms with E-state index < -0.39 is 0 Å². The normalized spacial score (nSPS) is 11.1. The number of halogens is 3. The molecule has 0 bridgehead atoms. The molecule has 2 aromatic rings. The predicted molar refractivity (Wildman–Crippen MR) is 89.8 cm³/mol. The monoisotopic (exact) mass is 390 g/mol. The van der Waals surface area contributed by atoms with Gasteiger partial charge in [-0.05, 0) is 46.1 Å². The fourth-order valence-electron chi connectivity index (χ4n) is 1.61. The number of nitrogens with zero attached hydrogens (tertiary/aromatic N) is 2. The molecule has 106 valence electrons. The number of benzene rings is 1. The van der Waals surface area contributed by atoms with Crippen molar-refractivity contribution in [3.8, 4) is 0 Å². The van der Waals surface area contributed by atoms with Gasteiger partial charge in [-0.1, -0.05) is 37.0 Å². The van der Waals surface area contributed by atoms with Gasteiger partial charge in [0.15, 0.2) is 0 Å². The van der Waals surface area contributed by atoms with Crippen molar-refractivity contribution < 1.29 is 0 Å². The Morgan fingerprint density at radius 3 is 2.40 bits per heavy atom. The maximum Gasteiger partial charge on any atom is 0.147 e. The maximum atomic E-state index is 6.14. The van der Waals surface area contributed by atoms with Crippen LogP contribution in [0.2, 0.25) is 10.2 Å². The van der Waals surface area contributed by atoms with Crippen molar-refractivity contribution in [1.29, 1.82) is 0 Å². The summed E-state index contributed by atoms with van der Waals surface area (Å²) in [6, 6.07) is 7.71. The van der Waals surface area contributed by atoms with Crippen molar-refractivity contribution in [2.45, 2.75) is 30.4 Å². The van der Waals surface area contributed by atoms with Crippen LogP contribution < -0.4 is 0 Å². The van der Waals surface area contributed by atoms with Crippen LogP contribution in [0.3, 0.4) is 0 Å². The fourth-order valence-corrected chi connectivity index (χ4v) is 3.32. The summed E-state index contributed by atoms with van der Waals surface area (Å²) in [5, 5.41) is 1.20. The van der Waals surface area contributed by atoms with Crippen LogP contribution in [0.15, 0.2) is 33.6 Å². The van der Waals surface area contributed by atoms with E-state index in [0.717, 1.165) is 25.9 Å². The summed E-state index contributed by atoms with van der Waals surface area (Å²) in [7, 11) is 0. The van der Waals surface area contributed by atoms with Gasteiger partial charge in [-0.15, -0.1) is 11.8 Å². The third kappa shape index (κ3) is 4.10. The van der Waals surface area contributed by atoms with E-state index in [1.54, 1.807) is 11.8 Å². The Bertz CT molecular complexity index is 603. The standard InChI is InChI=1S/C14H13BrCl2N2S/c1-8(2)13-12(15)14(17)19-11(18-13)7-20-10-5-3-9(16)4-6-10/h3-6,8H,7H2,1-2H3. The SMILES string of the molecule is CC(C)c1nc(CSc2ccc(Cl)cc2)nc(Cl)c1Br. The summed E-state index contributed by atoms with van der Waals surface area (Å²) < 4.78 is 0.786. The van der Waals surface area contributed by atoms with Gasteiger partial charge in [-0.3, -0.25) is 0 Å². The molecule has 20 heavy (non-hydrogen) atoms. The zero-order chi connectivity index (χ0) is 14.7. The summed E-state index contributed by atoms with van der Waals surface area (Å²) in [6.45, 7) is 4.17. The molecule has 0 saturated carbocycles. The average Bonchev–Trinajstić information content (AvgIpc) is 2.41. The van der Waals surface area contributed by atoms with E-state index in [-0.39, 0.29) is 0 Å². The van der Waals surface area contributed by atoms with E-state index in [9.17, 15) is 0 Å². The van der Waals surface area contributed by atoms with E-state index in [0.29, 0.717) is 16.8 Å². The van der Waals surface area contributed by atoms with Crippen molar-refractivity contribution in [1.82, 2.24) is 9.97 Å². The van der Waals surface area contributed by atoms with Gasteiger partial charge in [-0.2, -0.15) is 0 Å². The molecule has 0 saturated heterocycles. The molecule has 0 fully saturated rings. The Hall–Kier alpha value is -0.290. The zero-order valence-electron chi connectivity index (χ0n) is 11.0. The fraction of sp³-hybridized carbons (Fsp3) is 0.286. The molecule has 6 heteroatoms.